The number of carbonyl (C=O) groups excluding carboxylic acids is 1. The Kier molecular flexibility index (Phi) is 3.07. The van der Waals surface area contributed by atoms with E-state index in [1.54, 1.807) is 6.08 Å². The van der Waals surface area contributed by atoms with Gasteiger partial charge in [-0.15, -0.1) is 0 Å². The maximum absolute atomic E-state index is 10.3. The molecule has 0 aromatic heterocycles. The van der Waals surface area contributed by atoms with E-state index in [1.165, 1.54) is 5.56 Å². The highest BCUT2D eigenvalue weighted by molar-refractivity contribution is 5.84. The molecule has 0 unspecified atom stereocenters. The number of carbonyl (C=O) groups is 1. The Morgan fingerprint density at radius 2 is 1.71 bits per heavy atom. The van der Waals surface area contributed by atoms with Crippen LogP contribution in [0.3, 0.4) is 0 Å². The molecule has 1 aromatic carbocycles. The van der Waals surface area contributed by atoms with Crippen molar-refractivity contribution in [3.05, 3.63) is 40.5 Å². The van der Waals surface area contributed by atoms with Crippen LogP contribution in [0.2, 0.25) is 0 Å². The number of rotatable bonds is 2. The summed E-state index contributed by atoms with van der Waals surface area (Å²) in [5.74, 6) is -1.16. The summed E-state index contributed by atoms with van der Waals surface area (Å²) in [5.41, 5.74) is 4.31. The van der Waals surface area contributed by atoms with Crippen LogP contribution in [0.4, 0.5) is 0 Å². The molecule has 0 bridgehead atoms. The lowest BCUT2D eigenvalue weighted by atomic mass is 9.99. The van der Waals surface area contributed by atoms with E-state index in [-0.39, 0.29) is 0 Å². The van der Waals surface area contributed by atoms with Gasteiger partial charge in [-0.05, 0) is 43.5 Å². The van der Waals surface area contributed by atoms with Gasteiger partial charge in [-0.1, -0.05) is 23.8 Å². The summed E-state index contributed by atoms with van der Waals surface area (Å²) >= 11 is 0. The molecule has 74 valence electrons. The summed E-state index contributed by atoms with van der Waals surface area (Å²) in [6.07, 6.45) is 2.64. The first-order valence-corrected chi connectivity index (χ1v) is 4.47. The molecule has 0 aliphatic rings. The van der Waals surface area contributed by atoms with Crippen molar-refractivity contribution in [3.63, 3.8) is 0 Å². The van der Waals surface area contributed by atoms with Gasteiger partial charge in [0.1, 0.15) is 0 Å². The van der Waals surface area contributed by atoms with Gasteiger partial charge in [-0.25, -0.2) is 0 Å². The van der Waals surface area contributed by atoms with Crippen LogP contribution in [0.1, 0.15) is 22.3 Å². The number of aliphatic carboxylic acids is 1. The second-order valence-electron chi connectivity index (χ2n) is 3.46. The molecule has 2 heteroatoms. The smallest absolute Gasteiger partial charge is 0.0643 e. The van der Waals surface area contributed by atoms with Crippen molar-refractivity contribution in [2.24, 2.45) is 0 Å². The number of hydrogen-bond acceptors (Lipinski definition) is 2. The van der Waals surface area contributed by atoms with Crippen LogP contribution in [-0.2, 0) is 4.79 Å². The summed E-state index contributed by atoms with van der Waals surface area (Å²) in [6.45, 7) is 5.95. The monoisotopic (exact) mass is 189 g/mol. The van der Waals surface area contributed by atoms with Crippen LogP contribution >= 0.6 is 0 Å². The van der Waals surface area contributed by atoms with Gasteiger partial charge in [0.2, 0.25) is 0 Å². The van der Waals surface area contributed by atoms with Crippen molar-refractivity contribution in [1.29, 1.82) is 0 Å². The minimum Gasteiger partial charge on any atom is -0.545 e. The molecule has 2 nitrogen and oxygen atoms in total. The van der Waals surface area contributed by atoms with Crippen molar-refractivity contribution in [2.45, 2.75) is 20.8 Å². The number of carboxylic acids is 1. The van der Waals surface area contributed by atoms with Crippen molar-refractivity contribution in [2.75, 3.05) is 0 Å². The van der Waals surface area contributed by atoms with Gasteiger partial charge < -0.3 is 9.90 Å². The third-order valence-electron chi connectivity index (χ3n) is 2.12. The Morgan fingerprint density at radius 1 is 1.21 bits per heavy atom. The molecule has 14 heavy (non-hydrogen) atoms. The molecule has 1 rings (SSSR count). The van der Waals surface area contributed by atoms with Crippen LogP contribution in [0.5, 0.6) is 0 Å². The van der Waals surface area contributed by atoms with Crippen molar-refractivity contribution in [1.82, 2.24) is 0 Å². The zero-order chi connectivity index (χ0) is 10.7. The summed E-state index contributed by atoms with van der Waals surface area (Å²) < 4.78 is 0. The van der Waals surface area contributed by atoms with Gasteiger partial charge in [0.15, 0.2) is 0 Å². The topological polar surface area (TPSA) is 40.1 Å². The van der Waals surface area contributed by atoms with Gasteiger partial charge >= 0.3 is 0 Å². The predicted molar refractivity (Wildman–Crippen MR) is 54.7 cm³/mol. The highest BCUT2D eigenvalue weighted by Gasteiger charge is 1.99. The Labute approximate surface area is 83.9 Å². The third-order valence-corrected chi connectivity index (χ3v) is 2.12. The molecular formula is C12H13O2-. The Morgan fingerprint density at radius 3 is 2.14 bits per heavy atom. The second-order valence-corrected chi connectivity index (χ2v) is 3.46. The maximum Gasteiger partial charge on any atom is 0.0643 e. The molecule has 0 heterocycles. The van der Waals surface area contributed by atoms with E-state index in [9.17, 15) is 9.90 Å². The molecule has 0 saturated carbocycles. The minimum atomic E-state index is -1.16. The molecule has 0 saturated heterocycles. The number of carboxylic acid groups (broad SMARTS) is 1. The van der Waals surface area contributed by atoms with Gasteiger partial charge in [0.05, 0.1) is 5.97 Å². The molecule has 0 atom stereocenters. The van der Waals surface area contributed by atoms with Gasteiger partial charge in [-0.3, -0.25) is 0 Å². The fourth-order valence-electron chi connectivity index (χ4n) is 1.61. The van der Waals surface area contributed by atoms with E-state index in [1.807, 2.05) is 32.9 Å². The van der Waals surface area contributed by atoms with Crippen molar-refractivity contribution >= 4 is 12.0 Å². The summed E-state index contributed by atoms with van der Waals surface area (Å²) in [4.78, 5) is 10.3. The first-order valence-electron chi connectivity index (χ1n) is 4.47. The normalized spacial score (nSPS) is 10.8. The largest absolute Gasteiger partial charge is 0.545 e. The standard InChI is InChI=1S/C12H14O2/c1-8-6-9(2)11(10(3)7-8)4-5-12(13)14/h4-7H,1-3H3,(H,13,14)/p-1/b5-4+. The average Bonchev–Trinajstić information content (AvgIpc) is 2.01. The molecule has 0 aliphatic heterocycles. The molecular weight excluding hydrogens is 176 g/mol. The van der Waals surface area contributed by atoms with Gasteiger partial charge in [-0.2, -0.15) is 0 Å². The van der Waals surface area contributed by atoms with Gasteiger partial charge in [0.25, 0.3) is 0 Å². The summed E-state index contributed by atoms with van der Waals surface area (Å²) in [7, 11) is 0. The molecule has 0 aliphatic carbocycles. The fourth-order valence-corrected chi connectivity index (χ4v) is 1.61. The van der Waals surface area contributed by atoms with E-state index < -0.39 is 5.97 Å². The number of benzene rings is 1. The molecule has 0 N–H and O–H groups in total. The SMILES string of the molecule is Cc1cc(C)c(/C=C/C(=O)[O-])c(C)c1. The molecule has 0 spiro atoms. The summed E-state index contributed by atoms with van der Waals surface area (Å²) in [6, 6.07) is 4.06. The van der Waals surface area contributed by atoms with E-state index in [4.69, 9.17) is 0 Å². The van der Waals surface area contributed by atoms with E-state index in [0.717, 1.165) is 22.8 Å². The highest BCUT2D eigenvalue weighted by atomic mass is 16.4. The van der Waals surface area contributed by atoms with E-state index in [2.05, 4.69) is 0 Å². The highest BCUT2D eigenvalue weighted by Crippen LogP contribution is 2.17. The van der Waals surface area contributed by atoms with Crippen molar-refractivity contribution < 1.29 is 9.90 Å². The quantitative estimate of drug-likeness (QED) is 0.659. The maximum atomic E-state index is 10.3. The minimum absolute atomic E-state index is 0.958. The van der Waals surface area contributed by atoms with Crippen LogP contribution in [-0.4, -0.2) is 5.97 Å². The van der Waals surface area contributed by atoms with E-state index >= 15 is 0 Å². The predicted octanol–water partition coefficient (Wildman–Crippen LogP) is 1.37. The second kappa shape index (κ2) is 4.09. The Hall–Kier alpha value is -1.57. The lowest BCUT2D eigenvalue weighted by Gasteiger charge is -2.07. The van der Waals surface area contributed by atoms with E-state index in [0.29, 0.717) is 0 Å². The molecule has 0 fully saturated rings. The Bertz CT molecular complexity index is 366. The van der Waals surface area contributed by atoms with Gasteiger partial charge in [0, 0.05) is 0 Å². The number of hydrogen-bond donors (Lipinski definition) is 0. The number of aryl methyl sites for hydroxylation is 3. The molecule has 0 radical (unpaired) electrons. The zero-order valence-corrected chi connectivity index (χ0v) is 8.63. The average molecular weight is 189 g/mol. The fraction of sp³-hybridized carbons (Fsp3) is 0.250. The zero-order valence-electron chi connectivity index (χ0n) is 8.63. The lowest BCUT2D eigenvalue weighted by molar-refractivity contribution is -0.297. The van der Waals surface area contributed by atoms with Crippen LogP contribution < -0.4 is 5.11 Å². The first kappa shape index (κ1) is 10.5. The van der Waals surface area contributed by atoms with Crippen LogP contribution in [0, 0.1) is 20.8 Å². The molecule has 1 aromatic rings. The molecule has 0 amide bonds. The van der Waals surface area contributed by atoms with Crippen LogP contribution in [0.25, 0.3) is 6.08 Å². The first-order chi connectivity index (χ1) is 6.50. The summed E-state index contributed by atoms with van der Waals surface area (Å²) in [5, 5.41) is 10.3. The van der Waals surface area contributed by atoms with Crippen molar-refractivity contribution in [3.8, 4) is 0 Å². The Balaban J connectivity index is 3.15. The third kappa shape index (κ3) is 2.46. The lowest BCUT2D eigenvalue weighted by Crippen LogP contribution is -2.18. The van der Waals surface area contributed by atoms with Crippen LogP contribution in [0.15, 0.2) is 18.2 Å².